The lowest BCUT2D eigenvalue weighted by atomic mass is 10.1. The lowest BCUT2D eigenvalue weighted by Crippen LogP contribution is -2.51. The molecule has 1 atom stereocenters. The highest BCUT2D eigenvalue weighted by Gasteiger charge is 2.24. The Morgan fingerprint density at radius 1 is 1.42 bits per heavy atom. The van der Waals surface area contributed by atoms with E-state index in [9.17, 15) is 14.5 Å². The van der Waals surface area contributed by atoms with Gasteiger partial charge in [-0.1, -0.05) is 6.92 Å². The second-order valence-electron chi connectivity index (χ2n) is 4.91. The first-order valence-electron chi connectivity index (χ1n) is 6.41. The van der Waals surface area contributed by atoms with Gasteiger partial charge in [-0.15, -0.1) is 0 Å². The standard InChI is InChI=1S/C13H18FN3O2/c1-3-11-9-16(5-4-15(11)2)12-6-10(14)7-13(8-12)17(18)19/h6-8,11H,3-5,9H2,1-2H3. The summed E-state index contributed by atoms with van der Waals surface area (Å²) in [4.78, 5) is 14.5. The van der Waals surface area contributed by atoms with Gasteiger partial charge in [-0.2, -0.15) is 0 Å². The van der Waals surface area contributed by atoms with Crippen LogP contribution in [0.4, 0.5) is 15.8 Å². The highest BCUT2D eigenvalue weighted by atomic mass is 19.1. The predicted octanol–water partition coefficient (Wildman–Crippen LogP) is 2.26. The number of nitro groups is 1. The number of non-ortho nitro benzene ring substituents is 1. The summed E-state index contributed by atoms with van der Waals surface area (Å²) >= 11 is 0. The molecule has 0 spiro atoms. The molecule has 1 fully saturated rings. The molecule has 104 valence electrons. The first-order chi connectivity index (χ1) is 9.01. The van der Waals surface area contributed by atoms with Crippen molar-refractivity contribution < 1.29 is 9.31 Å². The molecule has 0 bridgehead atoms. The molecule has 1 aromatic carbocycles. The van der Waals surface area contributed by atoms with Crippen LogP contribution in [0.5, 0.6) is 0 Å². The normalized spacial score (nSPS) is 20.6. The number of anilines is 1. The van der Waals surface area contributed by atoms with Crippen LogP contribution in [0.2, 0.25) is 0 Å². The average molecular weight is 267 g/mol. The SMILES string of the molecule is CCC1CN(c2cc(F)cc([N+](=O)[O-])c2)CCN1C. The van der Waals surface area contributed by atoms with Gasteiger partial charge >= 0.3 is 0 Å². The van der Waals surface area contributed by atoms with Crippen molar-refractivity contribution >= 4 is 11.4 Å². The zero-order valence-corrected chi connectivity index (χ0v) is 11.2. The Morgan fingerprint density at radius 3 is 2.79 bits per heavy atom. The first kappa shape index (κ1) is 13.7. The number of piperazine rings is 1. The molecule has 19 heavy (non-hydrogen) atoms. The van der Waals surface area contributed by atoms with Gasteiger partial charge in [0.25, 0.3) is 5.69 Å². The Kier molecular flexibility index (Phi) is 3.99. The van der Waals surface area contributed by atoms with Gasteiger partial charge in [0.05, 0.1) is 11.0 Å². The second-order valence-corrected chi connectivity index (χ2v) is 4.91. The van der Waals surface area contributed by atoms with Gasteiger partial charge in [-0.05, 0) is 19.5 Å². The fraction of sp³-hybridized carbons (Fsp3) is 0.538. The first-order valence-corrected chi connectivity index (χ1v) is 6.41. The smallest absolute Gasteiger partial charge is 0.274 e. The van der Waals surface area contributed by atoms with E-state index < -0.39 is 10.7 Å². The molecule has 1 aromatic rings. The summed E-state index contributed by atoms with van der Waals surface area (Å²) in [6, 6.07) is 4.17. The summed E-state index contributed by atoms with van der Waals surface area (Å²) in [5.74, 6) is -0.559. The van der Waals surface area contributed by atoms with Crippen molar-refractivity contribution in [1.29, 1.82) is 0 Å². The van der Waals surface area contributed by atoms with Crippen molar-refractivity contribution in [2.24, 2.45) is 0 Å². The summed E-state index contributed by atoms with van der Waals surface area (Å²) in [6.07, 6.45) is 1.00. The molecule has 0 N–H and O–H groups in total. The number of halogens is 1. The van der Waals surface area contributed by atoms with Crippen LogP contribution in [0.25, 0.3) is 0 Å². The number of benzene rings is 1. The third kappa shape index (κ3) is 3.01. The molecule has 0 saturated carbocycles. The number of hydrogen-bond donors (Lipinski definition) is 0. The maximum absolute atomic E-state index is 13.5. The van der Waals surface area contributed by atoms with Crippen LogP contribution in [-0.4, -0.2) is 42.5 Å². The molecule has 1 aliphatic rings. The van der Waals surface area contributed by atoms with E-state index in [-0.39, 0.29) is 5.69 Å². The summed E-state index contributed by atoms with van der Waals surface area (Å²) in [5, 5.41) is 10.8. The van der Waals surface area contributed by atoms with E-state index in [0.717, 1.165) is 32.1 Å². The van der Waals surface area contributed by atoms with Crippen molar-refractivity contribution in [3.8, 4) is 0 Å². The summed E-state index contributed by atoms with van der Waals surface area (Å²) in [6.45, 7) is 4.52. The van der Waals surface area contributed by atoms with E-state index >= 15 is 0 Å². The number of likely N-dealkylation sites (N-methyl/N-ethyl adjacent to an activating group) is 1. The van der Waals surface area contributed by atoms with Crippen LogP contribution >= 0.6 is 0 Å². The van der Waals surface area contributed by atoms with E-state index in [1.54, 1.807) is 0 Å². The topological polar surface area (TPSA) is 49.6 Å². The number of nitrogens with zero attached hydrogens (tertiary/aromatic N) is 3. The summed E-state index contributed by atoms with van der Waals surface area (Å²) < 4.78 is 13.5. The van der Waals surface area contributed by atoms with Crippen molar-refractivity contribution in [3.05, 3.63) is 34.1 Å². The second kappa shape index (κ2) is 5.52. The highest BCUT2D eigenvalue weighted by molar-refractivity contribution is 5.54. The third-order valence-corrected chi connectivity index (χ3v) is 3.69. The van der Waals surface area contributed by atoms with Crippen molar-refractivity contribution in [1.82, 2.24) is 4.90 Å². The number of rotatable bonds is 3. The molecule has 5 nitrogen and oxygen atoms in total. The Labute approximate surface area is 111 Å². The molecule has 0 aromatic heterocycles. The van der Waals surface area contributed by atoms with E-state index in [2.05, 4.69) is 18.9 Å². The molecular formula is C13H18FN3O2. The van der Waals surface area contributed by atoms with Crippen LogP contribution in [-0.2, 0) is 0 Å². The largest absolute Gasteiger partial charge is 0.368 e. The zero-order valence-electron chi connectivity index (χ0n) is 11.2. The predicted molar refractivity (Wildman–Crippen MR) is 72.0 cm³/mol. The highest BCUT2D eigenvalue weighted by Crippen LogP contribution is 2.25. The molecule has 1 unspecified atom stereocenters. The molecule has 6 heteroatoms. The molecule has 0 amide bonds. The lowest BCUT2D eigenvalue weighted by Gasteiger charge is -2.40. The van der Waals surface area contributed by atoms with Gasteiger partial charge in [0.2, 0.25) is 0 Å². The molecule has 0 aliphatic carbocycles. The van der Waals surface area contributed by atoms with Gasteiger partial charge < -0.3 is 4.90 Å². The van der Waals surface area contributed by atoms with Gasteiger partial charge in [0.15, 0.2) is 0 Å². The van der Waals surface area contributed by atoms with E-state index in [1.165, 1.54) is 12.1 Å². The van der Waals surface area contributed by atoms with Crippen LogP contribution in [0.3, 0.4) is 0 Å². The monoisotopic (exact) mass is 267 g/mol. The van der Waals surface area contributed by atoms with Crippen molar-refractivity contribution in [2.75, 3.05) is 31.6 Å². The molecule has 1 aliphatic heterocycles. The fourth-order valence-corrected chi connectivity index (χ4v) is 2.47. The average Bonchev–Trinajstić information content (AvgIpc) is 2.38. The van der Waals surface area contributed by atoms with Gasteiger partial charge in [-0.3, -0.25) is 15.0 Å². The van der Waals surface area contributed by atoms with E-state index in [1.807, 2.05) is 4.90 Å². The molecule has 0 radical (unpaired) electrons. The van der Waals surface area contributed by atoms with Gasteiger partial charge in [0, 0.05) is 37.4 Å². The minimum absolute atomic E-state index is 0.193. The molecule has 1 heterocycles. The van der Waals surface area contributed by atoms with E-state index in [4.69, 9.17) is 0 Å². The van der Waals surface area contributed by atoms with Crippen molar-refractivity contribution in [3.63, 3.8) is 0 Å². The summed E-state index contributed by atoms with van der Waals surface area (Å²) in [5.41, 5.74) is 0.403. The van der Waals surface area contributed by atoms with Crippen LogP contribution in [0, 0.1) is 15.9 Å². The minimum atomic E-state index is -0.559. The Bertz CT molecular complexity index is 481. The fourth-order valence-electron chi connectivity index (χ4n) is 2.47. The molecule has 1 saturated heterocycles. The maximum Gasteiger partial charge on any atom is 0.274 e. The third-order valence-electron chi connectivity index (χ3n) is 3.69. The van der Waals surface area contributed by atoms with E-state index in [0.29, 0.717) is 11.7 Å². The summed E-state index contributed by atoms with van der Waals surface area (Å²) in [7, 11) is 2.07. The Hall–Kier alpha value is -1.69. The van der Waals surface area contributed by atoms with Crippen LogP contribution in [0.1, 0.15) is 13.3 Å². The van der Waals surface area contributed by atoms with Crippen LogP contribution in [0.15, 0.2) is 18.2 Å². The molecule has 2 rings (SSSR count). The van der Waals surface area contributed by atoms with Crippen LogP contribution < -0.4 is 4.90 Å². The lowest BCUT2D eigenvalue weighted by molar-refractivity contribution is -0.385. The van der Waals surface area contributed by atoms with Gasteiger partial charge in [0.1, 0.15) is 5.82 Å². The quantitative estimate of drug-likeness (QED) is 0.622. The number of nitro benzene ring substituents is 1. The van der Waals surface area contributed by atoms with Gasteiger partial charge in [-0.25, -0.2) is 4.39 Å². The Balaban J connectivity index is 2.24. The maximum atomic E-state index is 13.5. The van der Waals surface area contributed by atoms with Crippen molar-refractivity contribution in [2.45, 2.75) is 19.4 Å². The minimum Gasteiger partial charge on any atom is -0.368 e. The molecular weight excluding hydrogens is 249 g/mol. The zero-order chi connectivity index (χ0) is 14.0. The Morgan fingerprint density at radius 2 is 2.16 bits per heavy atom. The number of hydrogen-bond acceptors (Lipinski definition) is 4.